The molecule has 6 heteroatoms. The average molecular weight is 851 g/mol. The van der Waals surface area contributed by atoms with Crippen molar-refractivity contribution in [2.24, 2.45) is 0 Å². The molecule has 0 amide bonds. The first kappa shape index (κ1) is 57.9. The molecule has 0 heterocycles. The molecule has 0 saturated heterocycles. The van der Waals surface area contributed by atoms with Crippen LogP contribution in [0.25, 0.3) is 0 Å². The van der Waals surface area contributed by atoms with Crippen LogP contribution in [-0.2, 0) is 28.6 Å². The van der Waals surface area contributed by atoms with E-state index in [0.717, 1.165) is 77.0 Å². The summed E-state index contributed by atoms with van der Waals surface area (Å²) in [5.41, 5.74) is 0. The first-order chi connectivity index (χ1) is 30.0. The van der Waals surface area contributed by atoms with Gasteiger partial charge in [0.05, 0.1) is 0 Å². The Morgan fingerprint density at radius 2 is 0.656 bits per heavy atom. The van der Waals surface area contributed by atoms with Gasteiger partial charge >= 0.3 is 17.9 Å². The molecule has 350 valence electrons. The summed E-state index contributed by atoms with van der Waals surface area (Å²) in [4.78, 5) is 37.9. The zero-order valence-corrected chi connectivity index (χ0v) is 39.9. The molecule has 0 aromatic heterocycles. The van der Waals surface area contributed by atoms with Gasteiger partial charge in [-0.2, -0.15) is 0 Å². The summed E-state index contributed by atoms with van der Waals surface area (Å²) in [5.74, 6) is -0.966. The molecule has 6 nitrogen and oxygen atoms in total. The van der Waals surface area contributed by atoms with E-state index in [9.17, 15) is 14.4 Å². The number of rotatable bonds is 45. The third-order valence-corrected chi connectivity index (χ3v) is 10.7. The third kappa shape index (κ3) is 47.7. The molecule has 1 atom stereocenters. The van der Waals surface area contributed by atoms with Crippen LogP contribution >= 0.6 is 0 Å². The second kappa shape index (κ2) is 49.5. The molecular weight excluding hydrogens is 757 g/mol. The Balaban J connectivity index is 4.42. The lowest BCUT2D eigenvalue weighted by atomic mass is 10.1. The van der Waals surface area contributed by atoms with Gasteiger partial charge in [0.15, 0.2) is 6.10 Å². The number of carbonyl (C=O) groups is 3. The van der Waals surface area contributed by atoms with Crippen molar-refractivity contribution in [2.45, 2.75) is 245 Å². The monoisotopic (exact) mass is 851 g/mol. The fraction of sp³-hybridized carbons (Fsp3) is 0.727. The van der Waals surface area contributed by atoms with Crippen LogP contribution < -0.4 is 0 Å². The topological polar surface area (TPSA) is 78.9 Å². The van der Waals surface area contributed by atoms with E-state index in [2.05, 4.69) is 93.7 Å². The first-order valence-corrected chi connectivity index (χ1v) is 25.4. The summed E-state index contributed by atoms with van der Waals surface area (Å²) in [6.45, 7) is 6.42. The van der Waals surface area contributed by atoms with Crippen LogP contribution in [0.4, 0.5) is 0 Å². The van der Waals surface area contributed by atoms with Crippen molar-refractivity contribution in [3.05, 3.63) is 72.9 Å². The maximum atomic E-state index is 12.8. The van der Waals surface area contributed by atoms with Crippen LogP contribution in [0.15, 0.2) is 72.9 Å². The largest absolute Gasteiger partial charge is 0.462 e. The molecule has 0 spiro atoms. The molecule has 0 aliphatic rings. The van der Waals surface area contributed by atoms with Crippen LogP contribution in [0.3, 0.4) is 0 Å². The highest BCUT2D eigenvalue weighted by Gasteiger charge is 2.19. The molecule has 0 rings (SSSR count). The van der Waals surface area contributed by atoms with E-state index in [-0.39, 0.29) is 37.5 Å². The molecule has 0 aliphatic heterocycles. The van der Waals surface area contributed by atoms with Crippen LogP contribution in [0, 0.1) is 0 Å². The van der Waals surface area contributed by atoms with Gasteiger partial charge in [0.25, 0.3) is 0 Å². The SMILES string of the molecule is CC/C=C\C/C=C\C/C=C\CCCC(=O)OCC(COC(=O)CCCCCCCCC/C=C\C/C=C\CCCCC)OC(=O)CCCCCCCCC/C=C\CCCCCC. The number of ether oxygens (including phenoxy) is 3. The Morgan fingerprint density at radius 1 is 0.344 bits per heavy atom. The first-order valence-electron chi connectivity index (χ1n) is 25.4. The van der Waals surface area contributed by atoms with Crippen LogP contribution in [-0.4, -0.2) is 37.2 Å². The number of hydrogen-bond donors (Lipinski definition) is 0. The fourth-order valence-corrected chi connectivity index (χ4v) is 6.84. The molecule has 0 fully saturated rings. The predicted octanol–water partition coefficient (Wildman–Crippen LogP) is 16.6. The van der Waals surface area contributed by atoms with Crippen molar-refractivity contribution >= 4 is 17.9 Å². The van der Waals surface area contributed by atoms with Gasteiger partial charge < -0.3 is 14.2 Å². The van der Waals surface area contributed by atoms with Gasteiger partial charge in [0.1, 0.15) is 13.2 Å². The molecule has 0 bridgehead atoms. The minimum atomic E-state index is -0.800. The summed E-state index contributed by atoms with van der Waals surface area (Å²) >= 11 is 0. The van der Waals surface area contributed by atoms with Crippen molar-refractivity contribution in [2.75, 3.05) is 13.2 Å². The summed E-state index contributed by atoms with van der Waals surface area (Å²) in [5, 5.41) is 0. The molecule has 0 radical (unpaired) electrons. The highest BCUT2D eigenvalue weighted by molar-refractivity contribution is 5.71. The Labute approximate surface area is 376 Å². The second-order valence-electron chi connectivity index (χ2n) is 16.7. The van der Waals surface area contributed by atoms with Gasteiger partial charge in [-0.15, -0.1) is 0 Å². The molecule has 0 aromatic rings. The van der Waals surface area contributed by atoms with Gasteiger partial charge in [-0.25, -0.2) is 0 Å². The molecule has 0 saturated carbocycles. The zero-order valence-electron chi connectivity index (χ0n) is 39.9. The molecule has 1 unspecified atom stereocenters. The maximum Gasteiger partial charge on any atom is 0.306 e. The lowest BCUT2D eigenvalue weighted by Crippen LogP contribution is -2.30. The minimum absolute atomic E-state index is 0.0971. The number of esters is 3. The highest BCUT2D eigenvalue weighted by atomic mass is 16.6. The lowest BCUT2D eigenvalue weighted by Gasteiger charge is -2.18. The van der Waals surface area contributed by atoms with E-state index in [1.807, 2.05) is 0 Å². The Bertz CT molecular complexity index is 1160. The minimum Gasteiger partial charge on any atom is -0.462 e. The zero-order chi connectivity index (χ0) is 44.4. The van der Waals surface area contributed by atoms with Gasteiger partial charge in [-0.3, -0.25) is 14.4 Å². The standard InChI is InChI=1S/C55H94O6/c1-4-7-10-13-16-19-22-24-26-27-29-30-33-36-39-42-45-48-54(57)60-51-52(50-59-53(56)47-44-41-38-35-32-21-18-15-12-9-6-3)61-55(58)49-46-43-40-37-34-31-28-25-23-20-17-14-11-8-5-2/h9,12,16,18-21,23-24,26,35,38,52H,4-8,10-11,13-15,17,22,25,27-34,36-37,39-51H2,1-3H3/b12-9-,19-16-,21-18-,23-20-,26-24-,38-35-. The number of carbonyl (C=O) groups excluding carboxylic acids is 3. The molecule has 0 N–H and O–H groups in total. The van der Waals surface area contributed by atoms with Crippen molar-refractivity contribution in [1.29, 1.82) is 0 Å². The van der Waals surface area contributed by atoms with Gasteiger partial charge in [-0.1, -0.05) is 190 Å². The smallest absolute Gasteiger partial charge is 0.306 e. The van der Waals surface area contributed by atoms with E-state index >= 15 is 0 Å². The van der Waals surface area contributed by atoms with Crippen molar-refractivity contribution in [3.63, 3.8) is 0 Å². The fourth-order valence-electron chi connectivity index (χ4n) is 6.84. The summed E-state index contributed by atoms with van der Waals surface area (Å²) in [6, 6.07) is 0. The normalized spacial score (nSPS) is 12.6. The van der Waals surface area contributed by atoms with E-state index in [0.29, 0.717) is 19.3 Å². The quantitative estimate of drug-likeness (QED) is 0.0263. The Kier molecular flexibility index (Phi) is 46.9. The van der Waals surface area contributed by atoms with E-state index < -0.39 is 6.10 Å². The third-order valence-electron chi connectivity index (χ3n) is 10.7. The number of unbranched alkanes of at least 4 members (excludes halogenated alkanes) is 22. The van der Waals surface area contributed by atoms with Crippen LogP contribution in [0.5, 0.6) is 0 Å². The number of hydrogen-bond acceptors (Lipinski definition) is 6. The van der Waals surface area contributed by atoms with E-state index in [1.165, 1.54) is 116 Å². The van der Waals surface area contributed by atoms with Gasteiger partial charge in [0, 0.05) is 19.3 Å². The highest BCUT2D eigenvalue weighted by Crippen LogP contribution is 2.14. The molecule has 61 heavy (non-hydrogen) atoms. The van der Waals surface area contributed by atoms with Crippen molar-refractivity contribution < 1.29 is 28.6 Å². The van der Waals surface area contributed by atoms with Crippen LogP contribution in [0.2, 0.25) is 0 Å². The molecule has 0 aromatic carbocycles. The average Bonchev–Trinajstić information content (AvgIpc) is 3.26. The van der Waals surface area contributed by atoms with Crippen LogP contribution in [0.1, 0.15) is 239 Å². The number of allylic oxidation sites excluding steroid dienone is 12. The predicted molar refractivity (Wildman–Crippen MR) is 261 cm³/mol. The van der Waals surface area contributed by atoms with Crippen molar-refractivity contribution in [1.82, 2.24) is 0 Å². The van der Waals surface area contributed by atoms with Gasteiger partial charge in [-0.05, 0) is 103 Å². The summed E-state index contributed by atoms with van der Waals surface area (Å²) < 4.78 is 16.7. The molecule has 0 aliphatic carbocycles. The Morgan fingerprint density at radius 3 is 1.11 bits per heavy atom. The van der Waals surface area contributed by atoms with Crippen molar-refractivity contribution in [3.8, 4) is 0 Å². The Hall–Kier alpha value is -3.15. The van der Waals surface area contributed by atoms with Gasteiger partial charge in [0.2, 0.25) is 0 Å². The summed E-state index contributed by atoms with van der Waals surface area (Å²) in [7, 11) is 0. The maximum absolute atomic E-state index is 12.8. The summed E-state index contributed by atoms with van der Waals surface area (Å²) in [6.07, 6.45) is 61.8. The second-order valence-corrected chi connectivity index (χ2v) is 16.7. The van der Waals surface area contributed by atoms with E-state index in [4.69, 9.17) is 14.2 Å². The molecular formula is C55H94O6. The van der Waals surface area contributed by atoms with E-state index in [1.54, 1.807) is 0 Å². The lowest BCUT2D eigenvalue weighted by molar-refractivity contribution is -0.167.